The van der Waals surface area contributed by atoms with Gasteiger partial charge in [-0.15, -0.1) is 0 Å². The lowest BCUT2D eigenvalue weighted by atomic mass is 9.95. The van der Waals surface area contributed by atoms with Gasteiger partial charge in [-0.3, -0.25) is 4.79 Å². The van der Waals surface area contributed by atoms with Crippen molar-refractivity contribution >= 4 is 34.1 Å². The maximum absolute atomic E-state index is 14.6. The Morgan fingerprint density at radius 2 is 2.14 bits per heavy atom. The summed E-state index contributed by atoms with van der Waals surface area (Å²) in [5, 5.41) is 9.06. The molecule has 1 amide bonds. The normalized spacial score (nSPS) is 20.7. The summed E-state index contributed by atoms with van der Waals surface area (Å²) in [6, 6.07) is 4.83. The first-order valence-corrected chi connectivity index (χ1v) is 10.6. The highest BCUT2D eigenvalue weighted by molar-refractivity contribution is 9.10. The van der Waals surface area contributed by atoms with Gasteiger partial charge in [0, 0.05) is 49.6 Å². The molecule has 1 fully saturated rings. The summed E-state index contributed by atoms with van der Waals surface area (Å²) in [5.74, 6) is -1.71. The van der Waals surface area contributed by atoms with Crippen molar-refractivity contribution in [1.29, 1.82) is 5.26 Å². The second kappa shape index (κ2) is 7.65. The van der Waals surface area contributed by atoms with Gasteiger partial charge in [-0.25, -0.2) is 8.78 Å². The summed E-state index contributed by atoms with van der Waals surface area (Å²) < 4.78 is 33.4. The van der Waals surface area contributed by atoms with Gasteiger partial charge in [0.2, 0.25) is 5.91 Å². The van der Waals surface area contributed by atoms with Gasteiger partial charge >= 0.3 is 0 Å². The number of imidazole rings is 1. The van der Waals surface area contributed by atoms with Gasteiger partial charge in [0.25, 0.3) is 0 Å². The van der Waals surface area contributed by atoms with Gasteiger partial charge in [-0.05, 0) is 53.1 Å². The minimum absolute atomic E-state index is 0.0498. The number of nitrogens with zero attached hydrogens (tertiary/aromatic N) is 4. The fourth-order valence-corrected chi connectivity index (χ4v) is 5.01. The predicted molar refractivity (Wildman–Crippen MR) is 109 cm³/mol. The molecule has 152 valence electrons. The molecule has 0 N–H and O–H groups in total. The van der Waals surface area contributed by atoms with E-state index in [1.807, 2.05) is 16.2 Å². The van der Waals surface area contributed by atoms with Crippen molar-refractivity contribution in [3.63, 3.8) is 0 Å². The molecule has 0 saturated carbocycles. The summed E-state index contributed by atoms with van der Waals surface area (Å²) in [4.78, 5) is 14.5. The van der Waals surface area contributed by atoms with Crippen molar-refractivity contribution in [3.8, 4) is 6.07 Å². The fourth-order valence-electron chi connectivity index (χ4n) is 4.37. The lowest BCUT2D eigenvalue weighted by Gasteiger charge is -2.17. The Morgan fingerprint density at radius 1 is 1.38 bits per heavy atom. The Morgan fingerprint density at radius 3 is 2.83 bits per heavy atom. The lowest BCUT2D eigenvalue weighted by molar-refractivity contribution is -0.129. The molecule has 1 saturated heterocycles. The molecule has 2 atom stereocenters. The standard InChI is InChI=1S/C20H19BrF2N4OS/c1-25-15(7-17(28)26-5-4-11(8-24)9-26)16-6-12(10-27(16)20(25)29)18-14(22)3-2-13(21)19(18)23/h2-3,11-12H,4-7,9-10H2,1H3/t11-,12-/m1/s1. The highest BCUT2D eigenvalue weighted by Gasteiger charge is 2.34. The second-order valence-corrected chi connectivity index (χ2v) is 8.85. The molecule has 2 aromatic rings. The van der Waals surface area contributed by atoms with Gasteiger partial charge in [0.05, 0.1) is 22.9 Å². The van der Waals surface area contributed by atoms with Crippen LogP contribution in [-0.4, -0.2) is 33.0 Å². The molecular weight excluding hydrogens is 462 g/mol. The molecule has 1 aromatic carbocycles. The quantitative estimate of drug-likeness (QED) is 0.495. The third kappa shape index (κ3) is 3.42. The van der Waals surface area contributed by atoms with Crippen LogP contribution in [0.4, 0.5) is 8.78 Å². The van der Waals surface area contributed by atoms with E-state index in [9.17, 15) is 13.6 Å². The van der Waals surface area contributed by atoms with Crippen LogP contribution in [0.1, 0.15) is 29.3 Å². The SMILES string of the molecule is Cn1c(CC(=O)N2CC[C@H](C#N)C2)c2n(c1=S)C[C@H](c1c(F)ccc(Br)c1F)C2. The van der Waals surface area contributed by atoms with Crippen LogP contribution < -0.4 is 0 Å². The number of hydrogen-bond acceptors (Lipinski definition) is 3. The van der Waals surface area contributed by atoms with Gasteiger partial charge < -0.3 is 14.0 Å². The number of hydrogen-bond donors (Lipinski definition) is 0. The van der Waals surface area contributed by atoms with E-state index >= 15 is 0 Å². The van der Waals surface area contributed by atoms with E-state index in [2.05, 4.69) is 22.0 Å². The molecule has 0 bridgehead atoms. The molecule has 0 unspecified atom stereocenters. The predicted octanol–water partition coefficient (Wildman–Crippen LogP) is 3.85. The Bertz CT molecular complexity index is 1100. The van der Waals surface area contributed by atoms with E-state index in [0.29, 0.717) is 37.2 Å². The van der Waals surface area contributed by atoms with Crippen LogP contribution in [0.15, 0.2) is 16.6 Å². The molecule has 0 spiro atoms. The molecular formula is C20H19BrF2N4OS. The minimum Gasteiger partial charge on any atom is -0.341 e. The number of carbonyl (C=O) groups is 1. The monoisotopic (exact) mass is 480 g/mol. The number of halogens is 3. The summed E-state index contributed by atoms with van der Waals surface area (Å²) in [7, 11) is 1.81. The van der Waals surface area contributed by atoms with Crippen LogP contribution in [0, 0.1) is 33.7 Å². The Balaban J connectivity index is 1.62. The number of aromatic nitrogens is 2. The van der Waals surface area contributed by atoms with Crippen LogP contribution in [-0.2, 0) is 31.2 Å². The summed E-state index contributed by atoms with van der Waals surface area (Å²) in [6.45, 7) is 1.41. The Labute approximate surface area is 180 Å². The third-order valence-corrected chi connectivity index (χ3v) is 7.06. The van der Waals surface area contributed by atoms with E-state index in [1.165, 1.54) is 12.1 Å². The number of likely N-dealkylation sites (tertiary alicyclic amines) is 1. The zero-order valence-corrected chi connectivity index (χ0v) is 18.2. The largest absolute Gasteiger partial charge is 0.341 e. The maximum Gasteiger partial charge on any atom is 0.228 e. The Kier molecular flexibility index (Phi) is 5.34. The van der Waals surface area contributed by atoms with E-state index in [-0.39, 0.29) is 34.2 Å². The first-order valence-electron chi connectivity index (χ1n) is 9.39. The van der Waals surface area contributed by atoms with Gasteiger partial charge in [0.15, 0.2) is 4.77 Å². The number of amides is 1. The first kappa shape index (κ1) is 20.2. The highest BCUT2D eigenvalue weighted by atomic mass is 79.9. The molecule has 2 aliphatic rings. The van der Waals surface area contributed by atoms with Crippen molar-refractivity contribution in [1.82, 2.24) is 14.0 Å². The smallest absolute Gasteiger partial charge is 0.228 e. The average molecular weight is 481 g/mol. The minimum atomic E-state index is -0.590. The molecule has 5 nitrogen and oxygen atoms in total. The molecule has 2 aliphatic heterocycles. The number of fused-ring (bicyclic) bond motifs is 1. The number of benzene rings is 1. The van der Waals surface area contributed by atoms with Gasteiger partial charge in [-0.2, -0.15) is 5.26 Å². The topological polar surface area (TPSA) is 54.0 Å². The van der Waals surface area contributed by atoms with Crippen LogP contribution in [0.25, 0.3) is 0 Å². The van der Waals surface area contributed by atoms with E-state index < -0.39 is 11.6 Å². The second-order valence-electron chi connectivity index (χ2n) is 7.63. The number of rotatable bonds is 3. The number of nitriles is 1. The first-order chi connectivity index (χ1) is 13.8. The molecule has 0 aliphatic carbocycles. The summed E-state index contributed by atoms with van der Waals surface area (Å²) in [5.41, 5.74) is 1.68. The zero-order valence-electron chi connectivity index (χ0n) is 15.8. The van der Waals surface area contributed by atoms with Crippen molar-refractivity contribution < 1.29 is 13.6 Å². The van der Waals surface area contributed by atoms with Crippen LogP contribution in [0.3, 0.4) is 0 Å². The zero-order chi connectivity index (χ0) is 20.9. The van der Waals surface area contributed by atoms with E-state index in [0.717, 1.165) is 11.4 Å². The van der Waals surface area contributed by atoms with Crippen molar-refractivity contribution in [2.24, 2.45) is 13.0 Å². The lowest BCUT2D eigenvalue weighted by Crippen LogP contribution is -2.30. The van der Waals surface area contributed by atoms with Crippen molar-refractivity contribution in [2.75, 3.05) is 13.1 Å². The fraction of sp³-hybridized carbons (Fsp3) is 0.450. The highest BCUT2D eigenvalue weighted by Crippen LogP contribution is 2.37. The molecule has 3 heterocycles. The summed E-state index contributed by atoms with van der Waals surface area (Å²) >= 11 is 8.65. The van der Waals surface area contributed by atoms with E-state index in [1.54, 1.807) is 4.90 Å². The van der Waals surface area contributed by atoms with E-state index in [4.69, 9.17) is 17.5 Å². The molecule has 0 radical (unpaired) electrons. The molecule has 9 heteroatoms. The average Bonchev–Trinajstić information content (AvgIpc) is 3.39. The van der Waals surface area contributed by atoms with Crippen molar-refractivity contribution in [2.45, 2.75) is 31.7 Å². The van der Waals surface area contributed by atoms with Crippen molar-refractivity contribution in [3.05, 3.63) is 50.0 Å². The Hall–Kier alpha value is -2.05. The van der Waals surface area contributed by atoms with Crippen LogP contribution in [0.2, 0.25) is 0 Å². The summed E-state index contributed by atoms with van der Waals surface area (Å²) in [6.07, 6.45) is 1.27. The molecule has 4 rings (SSSR count). The van der Waals surface area contributed by atoms with Gasteiger partial charge in [0.1, 0.15) is 11.6 Å². The van der Waals surface area contributed by atoms with Crippen LogP contribution >= 0.6 is 28.1 Å². The van der Waals surface area contributed by atoms with Crippen LogP contribution in [0.5, 0.6) is 0 Å². The maximum atomic E-state index is 14.6. The van der Waals surface area contributed by atoms with Gasteiger partial charge in [-0.1, -0.05) is 0 Å². The number of carbonyl (C=O) groups excluding carboxylic acids is 1. The molecule has 29 heavy (non-hydrogen) atoms. The third-order valence-electron chi connectivity index (χ3n) is 5.95. The molecule has 1 aromatic heterocycles.